The fourth-order valence-corrected chi connectivity index (χ4v) is 4.65. The van der Waals surface area contributed by atoms with Gasteiger partial charge in [-0.2, -0.15) is 4.31 Å². The molecule has 1 aliphatic heterocycles. The highest BCUT2D eigenvalue weighted by Crippen LogP contribution is 2.24. The summed E-state index contributed by atoms with van der Waals surface area (Å²) in [5.41, 5.74) is 5.47. The highest BCUT2D eigenvalue weighted by Gasteiger charge is 2.28. The number of rotatable bonds is 5. The molecule has 1 aromatic rings. The van der Waals surface area contributed by atoms with Crippen LogP contribution in [0.4, 0.5) is 0 Å². The Hall–Kier alpha value is -1.93. The Bertz CT molecular complexity index is 769. The van der Waals surface area contributed by atoms with Crippen molar-refractivity contribution in [3.05, 3.63) is 29.3 Å². The van der Waals surface area contributed by atoms with Gasteiger partial charge in [0.05, 0.1) is 4.90 Å². The Morgan fingerprint density at radius 1 is 1.12 bits per heavy atom. The monoisotopic (exact) mass is 381 g/mol. The zero-order chi connectivity index (χ0) is 19.3. The number of amides is 2. The molecule has 0 unspecified atom stereocenters. The summed E-state index contributed by atoms with van der Waals surface area (Å²) >= 11 is 0. The van der Waals surface area contributed by atoms with E-state index in [1.807, 2.05) is 13.8 Å². The van der Waals surface area contributed by atoms with Crippen LogP contribution in [-0.2, 0) is 14.8 Å². The minimum atomic E-state index is -3.63. The maximum Gasteiger partial charge on any atom is 0.269 e. The van der Waals surface area contributed by atoms with Crippen LogP contribution in [0.15, 0.2) is 23.1 Å². The van der Waals surface area contributed by atoms with Crippen LogP contribution in [0.25, 0.3) is 0 Å². The first-order valence-corrected chi connectivity index (χ1v) is 10.4. The first-order chi connectivity index (χ1) is 12.2. The lowest BCUT2D eigenvalue weighted by Crippen LogP contribution is -2.42. The Morgan fingerprint density at radius 2 is 1.77 bits per heavy atom. The van der Waals surface area contributed by atoms with Crippen molar-refractivity contribution >= 4 is 21.8 Å². The van der Waals surface area contributed by atoms with Crippen molar-refractivity contribution in [3.63, 3.8) is 0 Å². The van der Waals surface area contributed by atoms with Gasteiger partial charge in [0, 0.05) is 25.1 Å². The summed E-state index contributed by atoms with van der Waals surface area (Å²) in [7, 11) is -3.63. The predicted molar refractivity (Wildman–Crippen MR) is 98.9 cm³/mol. The van der Waals surface area contributed by atoms with E-state index in [0.717, 1.165) is 19.3 Å². The number of hydrazine groups is 1. The summed E-state index contributed by atoms with van der Waals surface area (Å²) in [6.07, 6.45) is 3.02. The van der Waals surface area contributed by atoms with Crippen molar-refractivity contribution < 1.29 is 18.0 Å². The lowest BCUT2D eigenvalue weighted by Gasteiger charge is -2.26. The number of carbonyl (C=O) groups is 2. The van der Waals surface area contributed by atoms with E-state index < -0.39 is 15.9 Å². The normalized spacial score (nSPS) is 15.7. The SMILES string of the molecule is Cc1ccc(C(=O)NNC(=O)CC(C)C)cc1S(=O)(=O)N1CCCCC1. The first-order valence-electron chi connectivity index (χ1n) is 8.92. The molecule has 26 heavy (non-hydrogen) atoms. The van der Waals surface area contributed by atoms with Gasteiger partial charge in [-0.15, -0.1) is 0 Å². The number of nitrogens with one attached hydrogen (secondary N) is 2. The van der Waals surface area contributed by atoms with E-state index in [-0.39, 0.29) is 22.3 Å². The van der Waals surface area contributed by atoms with Gasteiger partial charge >= 0.3 is 0 Å². The van der Waals surface area contributed by atoms with Gasteiger partial charge in [0.25, 0.3) is 5.91 Å². The average molecular weight is 381 g/mol. The van der Waals surface area contributed by atoms with Gasteiger partial charge in [0.2, 0.25) is 15.9 Å². The molecule has 2 N–H and O–H groups in total. The van der Waals surface area contributed by atoms with Crippen LogP contribution in [0.5, 0.6) is 0 Å². The summed E-state index contributed by atoms with van der Waals surface area (Å²) in [6.45, 7) is 6.52. The van der Waals surface area contributed by atoms with Crippen LogP contribution >= 0.6 is 0 Å². The molecule has 8 heteroatoms. The van der Waals surface area contributed by atoms with Gasteiger partial charge in [-0.1, -0.05) is 26.3 Å². The largest absolute Gasteiger partial charge is 0.273 e. The first kappa shape index (κ1) is 20.4. The van der Waals surface area contributed by atoms with Crippen LogP contribution < -0.4 is 10.9 Å². The molecule has 7 nitrogen and oxygen atoms in total. The minimum absolute atomic E-state index is 0.139. The summed E-state index contributed by atoms with van der Waals surface area (Å²) in [5.74, 6) is -0.661. The lowest BCUT2D eigenvalue weighted by molar-refractivity contribution is -0.122. The smallest absolute Gasteiger partial charge is 0.269 e. The molecule has 2 amide bonds. The third-order valence-corrected chi connectivity index (χ3v) is 6.33. The van der Waals surface area contributed by atoms with Gasteiger partial charge in [0.1, 0.15) is 0 Å². The van der Waals surface area contributed by atoms with Crippen molar-refractivity contribution in [3.8, 4) is 0 Å². The second kappa shape index (κ2) is 8.64. The maximum absolute atomic E-state index is 12.9. The van der Waals surface area contributed by atoms with E-state index in [1.54, 1.807) is 19.1 Å². The molecule has 0 bridgehead atoms. The fourth-order valence-electron chi connectivity index (χ4n) is 2.88. The van der Waals surface area contributed by atoms with E-state index in [1.165, 1.54) is 10.4 Å². The molecular formula is C18H27N3O4S. The second-order valence-corrected chi connectivity index (χ2v) is 8.95. The summed E-state index contributed by atoms with van der Waals surface area (Å²) in [6, 6.07) is 4.54. The van der Waals surface area contributed by atoms with Gasteiger partial charge in [-0.05, 0) is 43.4 Å². The van der Waals surface area contributed by atoms with Gasteiger partial charge < -0.3 is 0 Å². The van der Waals surface area contributed by atoms with Crippen LogP contribution in [-0.4, -0.2) is 37.6 Å². The molecule has 0 spiro atoms. The molecule has 0 saturated carbocycles. The highest BCUT2D eigenvalue weighted by molar-refractivity contribution is 7.89. The number of aryl methyl sites for hydroxylation is 1. The molecule has 0 radical (unpaired) electrons. The highest BCUT2D eigenvalue weighted by atomic mass is 32.2. The van der Waals surface area contributed by atoms with Crippen molar-refractivity contribution in [1.29, 1.82) is 0 Å². The number of piperidine rings is 1. The van der Waals surface area contributed by atoms with Gasteiger partial charge in [-0.25, -0.2) is 8.42 Å². The quantitative estimate of drug-likeness (QED) is 0.763. The molecule has 1 aliphatic rings. The van der Waals surface area contributed by atoms with Gasteiger partial charge in [-0.3, -0.25) is 20.4 Å². The van der Waals surface area contributed by atoms with E-state index in [2.05, 4.69) is 10.9 Å². The predicted octanol–water partition coefficient (Wildman–Crippen LogP) is 1.98. The maximum atomic E-state index is 12.9. The number of hydrogen-bond acceptors (Lipinski definition) is 4. The molecule has 1 saturated heterocycles. The number of benzene rings is 1. The molecule has 0 aromatic heterocycles. The summed E-state index contributed by atoms with van der Waals surface area (Å²) < 4.78 is 27.3. The lowest BCUT2D eigenvalue weighted by atomic mass is 10.1. The topological polar surface area (TPSA) is 95.6 Å². The third-order valence-electron chi connectivity index (χ3n) is 4.29. The standard InChI is InChI=1S/C18H27N3O4S/c1-13(2)11-17(22)19-20-18(23)15-8-7-14(3)16(12-15)26(24,25)21-9-5-4-6-10-21/h7-8,12-13H,4-6,9-11H2,1-3H3,(H,19,22)(H,20,23). The van der Waals surface area contributed by atoms with Crippen molar-refractivity contribution in [2.24, 2.45) is 5.92 Å². The Morgan fingerprint density at radius 3 is 2.38 bits per heavy atom. The minimum Gasteiger partial charge on any atom is -0.273 e. The van der Waals surface area contributed by atoms with E-state index in [9.17, 15) is 18.0 Å². The number of hydrogen-bond donors (Lipinski definition) is 2. The van der Waals surface area contributed by atoms with Crippen molar-refractivity contribution in [2.45, 2.75) is 51.3 Å². The Balaban J connectivity index is 2.16. The van der Waals surface area contributed by atoms with E-state index in [0.29, 0.717) is 25.1 Å². The van der Waals surface area contributed by atoms with E-state index in [4.69, 9.17) is 0 Å². The summed E-state index contributed by atoms with van der Waals surface area (Å²) in [5, 5.41) is 0. The van der Waals surface area contributed by atoms with Crippen LogP contribution in [0, 0.1) is 12.8 Å². The molecule has 1 fully saturated rings. The van der Waals surface area contributed by atoms with Crippen LogP contribution in [0.2, 0.25) is 0 Å². The van der Waals surface area contributed by atoms with Crippen molar-refractivity contribution in [1.82, 2.24) is 15.2 Å². The number of sulfonamides is 1. The van der Waals surface area contributed by atoms with Crippen LogP contribution in [0.1, 0.15) is 55.5 Å². The summed E-state index contributed by atoms with van der Waals surface area (Å²) in [4.78, 5) is 24.1. The molecule has 1 aromatic carbocycles. The number of carbonyl (C=O) groups excluding carboxylic acids is 2. The average Bonchev–Trinajstić information content (AvgIpc) is 2.60. The Labute approximate surface area is 155 Å². The second-order valence-electron chi connectivity index (χ2n) is 7.05. The zero-order valence-corrected chi connectivity index (χ0v) is 16.4. The van der Waals surface area contributed by atoms with E-state index >= 15 is 0 Å². The fraction of sp³-hybridized carbons (Fsp3) is 0.556. The molecule has 2 rings (SSSR count). The molecule has 1 heterocycles. The zero-order valence-electron chi connectivity index (χ0n) is 15.5. The molecule has 0 aliphatic carbocycles. The molecule has 0 atom stereocenters. The molecular weight excluding hydrogens is 354 g/mol. The Kier molecular flexibility index (Phi) is 6.77. The molecule has 144 valence electrons. The van der Waals surface area contributed by atoms with Crippen LogP contribution in [0.3, 0.4) is 0 Å². The number of nitrogens with zero attached hydrogens (tertiary/aromatic N) is 1. The van der Waals surface area contributed by atoms with Crippen molar-refractivity contribution in [2.75, 3.05) is 13.1 Å². The van der Waals surface area contributed by atoms with Gasteiger partial charge in [0.15, 0.2) is 0 Å². The third kappa shape index (κ3) is 5.04.